The Labute approximate surface area is 209 Å². The van der Waals surface area contributed by atoms with E-state index in [-0.39, 0.29) is 60.1 Å². The standard InChI is InChI=1S/C26H34O10/c1-5-25(3,23(29)35-17-13-9-11-15(31-13)19(17)33-21(11)27)7-8-26(4,6-2)24(30)36-18-14-10-12-16(32-14)20(18)34-22(12)28/h11-20H,5-10H2,1-4H3. The Morgan fingerprint density at radius 2 is 1.14 bits per heavy atom. The van der Waals surface area contributed by atoms with Gasteiger partial charge in [-0.1, -0.05) is 13.8 Å². The van der Waals surface area contributed by atoms with Crippen LogP contribution in [0.4, 0.5) is 0 Å². The highest BCUT2D eigenvalue weighted by atomic mass is 16.7. The first kappa shape index (κ1) is 24.2. The number of carbonyl (C=O) groups is 4. The van der Waals surface area contributed by atoms with Crippen molar-refractivity contribution in [3.8, 4) is 0 Å². The van der Waals surface area contributed by atoms with Crippen LogP contribution >= 0.6 is 0 Å². The van der Waals surface area contributed by atoms with Crippen LogP contribution in [0.1, 0.15) is 66.2 Å². The molecule has 0 aliphatic carbocycles. The summed E-state index contributed by atoms with van der Waals surface area (Å²) in [6.45, 7) is 7.53. The number of fused-ring (bicyclic) bond motifs is 2. The van der Waals surface area contributed by atoms with Gasteiger partial charge in [-0.3, -0.25) is 19.2 Å². The topological polar surface area (TPSA) is 124 Å². The second-order valence-electron chi connectivity index (χ2n) is 11.8. The summed E-state index contributed by atoms with van der Waals surface area (Å²) in [5.41, 5.74) is -1.66. The van der Waals surface area contributed by atoms with Gasteiger partial charge in [0.1, 0.15) is 12.2 Å². The number of hydrogen-bond donors (Lipinski definition) is 0. The van der Waals surface area contributed by atoms with E-state index in [0.29, 0.717) is 38.5 Å². The number of rotatable bonds is 9. The summed E-state index contributed by atoms with van der Waals surface area (Å²) < 4.78 is 34.3. The van der Waals surface area contributed by atoms with Crippen molar-refractivity contribution in [3.63, 3.8) is 0 Å². The van der Waals surface area contributed by atoms with Gasteiger partial charge in [0.15, 0.2) is 24.4 Å². The SMILES string of the molecule is CCC(C)(CCC(C)(CC)C(=O)OC1C2CC3C(=O)OC1C3O2)C(=O)OC1C2CC3C(=O)OC1C3O2. The normalized spacial score (nSPS) is 44.2. The minimum Gasteiger partial charge on any atom is -0.455 e. The molecule has 6 aliphatic heterocycles. The molecule has 6 rings (SSSR count). The van der Waals surface area contributed by atoms with Crippen LogP contribution in [0, 0.1) is 22.7 Å². The molecule has 12 atom stereocenters. The Bertz CT molecular complexity index is 917. The predicted molar refractivity (Wildman–Crippen MR) is 119 cm³/mol. The first-order valence-corrected chi connectivity index (χ1v) is 13.2. The van der Waals surface area contributed by atoms with Crippen molar-refractivity contribution >= 4 is 23.9 Å². The van der Waals surface area contributed by atoms with E-state index in [1.165, 1.54) is 0 Å². The summed E-state index contributed by atoms with van der Waals surface area (Å²) in [4.78, 5) is 50.7. The van der Waals surface area contributed by atoms with E-state index < -0.39 is 35.2 Å². The van der Waals surface area contributed by atoms with Crippen molar-refractivity contribution < 1.29 is 47.6 Å². The zero-order chi connectivity index (χ0) is 25.6. The van der Waals surface area contributed by atoms with Gasteiger partial charge in [-0.15, -0.1) is 0 Å². The molecule has 0 radical (unpaired) electrons. The fourth-order valence-corrected chi connectivity index (χ4v) is 6.69. The lowest BCUT2D eigenvalue weighted by atomic mass is 9.74. The number of carbonyl (C=O) groups excluding carboxylic acids is 4. The van der Waals surface area contributed by atoms with E-state index in [9.17, 15) is 19.2 Å². The summed E-state index contributed by atoms with van der Waals surface area (Å²) in [5.74, 6) is -1.79. The molecule has 0 aromatic rings. The van der Waals surface area contributed by atoms with E-state index in [0.717, 1.165) is 0 Å². The molecule has 10 heteroatoms. The second kappa shape index (κ2) is 8.15. The molecule has 0 aromatic carbocycles. The Morgan fingerprint density at radius 3 is 1.50 bits per heavy atom. The van der Waals surface area contributed by atoms with E-state index in [1.807, 2.05) is 27.7 Å². The molecule has 4 bridgehead atoms. The van der Waals surface area contributed by atoms with Crippen molar-refractivity contribution in [2.45, 2.75) is 115 Å². The van der Waals surface area contributed by atoms with Gasteiger partial charge in [-0.25, -0.2) is 0 Å². The van der Waals surface area contributed by atoms with Crippen LogP contribution in [0.25, 0.3) is 0 Å². The number of ether oxygens (including phenoxy) is 6. The molecular weight excluding hydrogens is 472 g/mol. The van der Waals surface area contributed by atoms with Crippen LogP contribution in [0.5, 0.6) is 0 Å². The third-order valence-electron chi connectivity index (χ3n) is 9.83. The maximum absolute atomic E-state index is 13.3. The van der Waals surface area contributed by atoms with Crippen LogP contribution in [0.2, 0.25) is 0 Å². The molecular formula is C26H34O10. The van der Waals surface area contributed by atoms with Crippen LogP contribution in [-0.2, 0) is 47.6 Å². The smallest absolute Gasteiger partial charge is 0.312 e. The van der Waals surface area contributed by atoms with Gasteiger partial charge in [0, 0.05) is 0 Å². The first-order chi connectivity index (χ1) is 17.1. The fraction of sp³-hybridized carbons (Fsp3) is 0.846. The van der Waals surface area contributed by atoms with Crippen molar-refractivity contribution in [2.24, 2.45) is 22.7 Å². The third kappa shape index (κ3) is 3.36. The molecule has 0 aromatic heterocycles. The highest BCUT2D eigenvalue weighted by Crippen LogP contribution is 2.50. The molecule has 6 fully saturated rings. The zero-order valence-corrected chi connectivity index (χ0v) is 21.1. The average molecular weight is 507 g/mol. The van der Waals surface area contributed by atoms with Gasteiger partial charge < -0.3 is 28.4 Å². The van der Waals surface area contributed by atoms with Crippen LogP contribution in [0.15, 0.2) is 0 Å². The number of esters is 4. The maximum atomic E-state index is 13.3. The number of hydrogen-bond acceptors (Lipinski definition) is 10. The Balaban J connectivity index is 1.08. The molecule has 6 heterocycles. The van der Waals surface area contributed by atoms with E-state index in [4.69, 9.17) is 28.4 Å². The predicted octanol–water partition coefficient (Wildman–Crippen LogP) is 1.85. The molecule has 6 aliphatic rings. The van der Waals surface area contributed by atoms with E-state index in [2.05, 4.69) is 0 Å². The van der Waals surface area contributed by atoms with Gasteiger partial charge in [0.2, 0.25) is 0 Å². The minimum absolute atomic E-state index is 0.247. The molecule has 0 spiro atoms. The quantitative estimate of drug-likeness (QED) is 0.338. The largest absolute Gasteiger partial charge is 0.455 e. The molecule has 0 saturated carbocycles. The summed E-state index contributed by atoms with van der Waals surface area (Å²) in [7, 11) is 0. The molecule has 36 heavy (non-hydrogen) atoms. The van der Waals surface area contributed by atoms with Crippen molar-refractivity contribution in [1.29, 1.82) is 0 Å². The minimum atomic E-state index is -0.829. The Hall–Kier alpha value is -2.20. The van der Waals surface area contributed by atoms with Gasteiger partial charge >= 0.3 is 23.9 Å². The van der Waals surface area contributed by atoms with Gasteiger partial charge in [-0.2, -0.15) is 0 Å². The van der Waals surface area contributed by atoms with Gasteiger partial charge in [0.05, 0.1) is 34.9 Å². The van der Waals surface area contributed by atoms with Crippen LogP contribution in [0.3, 0.4) is 0 Å². The lowest BCUT2D eigenvalue weighted by Gasteiger charge is -2.34. The Morgan fingerprint density at radius 1 is 0.750 bits per heavy atom. The first-order valence-electron chi connectivity index (χ1n) is 13.2. The fourth-order valence-electron chi connectivity index (χ4n) is 6.69. The lowest BCUT2D eigenvalue weighted by molar-refractivity contribution is -0.174. The Kier molecular flexibility index (Phi) is 5.47. The molecule has 10 nitrogen and oxygen atoms in total. The second-order valence-corrected chi connectivity index (χ2v) is 11.8. The van der Waals surface area contributed by atoms with Crippen molar-refractivity contribution in [2.75, 3.05) is 0 Å². The zero-order valence-electron chi connectivity index (χ0n) is 21.1. The summed E-state index contributed by atoms with van der Waals surface area (Å²) >= 11 is 0. The molecule has 6 saturated heterocycles. The molecule has 0 amide bonds. The molecule has 0 N–H and O–H groups in total. The van der Waals surface area contributed by atoms with Crippen molar-refractivity contribution in [3.05, 3.63) is 0 Å². The van der Waals surface area contributed by atoms with E-state index in [1.54, 1.807) is 0 Å². The average Bonchev–Trinajstić information content (AvgIpc) is 3.67. The molecule has 198 valence electrons. The lowest BCUT2D eigenvalue weighted by Crippen LogP contribution is -2.45. The summed E-state index contributed by atoms with van der Waals surface area (Å²) in [5, 5.41) is 0. The van der Waals surface area contributed by atoms with E-state index >= 15 is 0 Å². The molecule has 12 unspecified atom stereocenters. The van der Waals surface area contributed by atoms with Crippen LogP contribution < -0.4 is 0 Å². The monoisotopic (exact) mass is 506 g/mol. The van der Waals surface area contributed by atoms with Crippen molar-refractivity contribution in [1.82, 2.24) is 0 Å². The summed E-state index contributed by atoms with van der Waals surface area (Å²) in [6, 6.07) is 0. The maximum Gasteiger partial charge on any atom is 0.312 e. The van der Waals surface area contributed by atoms with Gasteiger partial charge in [0.25, 0.3) is 0 Å². The highest BCUT2D eigenvalue weighted by molar-refractivity contribution is 5.80. The third-order valence-corrected chi connectivity index (χ3v) is 9.83. The highest BCUT2D eigenvalue weighted by Gasteiger charge is 2.66. The van der Waals surface area contributed by atoms with Gasteiger partial charge in [-0.05, 0) is 52.4 Å². The van der Waals surface area contributed by atoms with Crippen LogP contribution in [-0.4, -0.2) is 72.7 Å². The summed E-state index contributed by atoms with van der Waals surface area (Å²) in [6.07, 6.45) is -0.593.